The molecule has 2 aliphatic heterocycles. The smallest absolute Gasteiger partial charge is 0.0189 e. The largest absolute Gasteiger partial charge is 0.294 e. The van der Waals surface area contributed by atoms with Crippen LogP contribution in [0.5, 0.6) is 0 Å². The third-order valence-electron chi connectivity index (χ3n) is 4.17. The quantitative estimate of drug-likeness (QED) is 0.638. The first-order valence-corrected chi connectivity index (χ1v) is 7.71. The normalized spacial score (nSPS) is 36.8. The molecule has 3 unspecified atom stereocenters. The lowest BCUT2D eigenvalue weighted by molar-refractivity contribution is 0.0432. The Bertz CT molecular complexity index is 261. The van der Waals surface area contributed by atoms with E-state index in [-0.39, 0.29) is 0 Å². The van der Waals surface area contributed by atoms with Crippen molar-refractivity contribution in [3.8, 4) is 0 Å². The Morgan fingerprint density at radius 3 is 2.12 bits per heavy atom. The van der Waals surface area contributed by atoms with Crippen molar-refractivity contribution in [2.45, 2.75) is 53.1 Å². The lowest BCUT2D eigenvalue weighted by Gasteiger charge is -2.45. The molecule has 3 atom stereocenters. The molecule has 0 saturated carbocycles. The Labute approximate surface area is 105 Å². The summed E-state index contributed by atoms with van der Waals surface area (Å²) in [5.74, 6) is 4.67. The molecule has 0 amide bonds. The average Bonchev–Trinajstić information content (AvgIpc) is 2.53. The molecule has 2 saturated heterocycles. The molecule has 0 bridgehead atoms. The molecule has 1 nitrogen and oxygen atoms in total. The van der Waals surface area contributed by atoms with Crippen molar-refractivity contribution in [2.75, 3.05) is 18.1 Å². The Morgan fingerprint density at radius 1 is 1.00 bits per heavy atom. The van der Waals surface area contributed by atoms with Gasteiger partial charge in [-0.25, -0.2) is 0 Å². The maximum absolute atomic E-state index is 2.78. The zero-order valence-corrected chi connectivity index (χ0v) is 12.5. The van der Waals surface area contributed by atoms with Gasteiger partial charge in [0, 0.05) is 18.1 Å². The van der Waals surface area contributed by atoms with E-state index in [1.165, 1.54) is 18.1 Å². The summed E-state index contributed by atoms with van der Waals surface area (Å²) in [5.41, 5.74) is 0.741. The minimum absolute atomic E-state index is 0.326. The van der Waals surface area contributed by atoms with Crippen LogP contribution < -0.4 is 0 Å². The second-order valence-corrected chi connectivity index (χ2v) is 8.67. The maximum atomic E-state index is 2.78. The van der Waals surface area contributed by atoms with E-state index in [0.717, 1.165) is 17.9 Å². The average molecular weight is 241 g/mol. The molecule has 2 heterocycles. The topological polar surface area (TPSA) is 3.24 Å². The van der Waals surface area contributed by atoms with Crippen molar-refractivity contribution in [2.24, 2.45) is 17.3 Å². The number of thioether (sulfide) groups is 1. The monoisotopic (exact) mass is 241 g/mol. The third-order valence-corrected chi connectivity index (χ3v) is 5.45. The molecular formula is C14H27NS. The van der Waals surface area contributed by atoms with Crippen LogP contribution >= 0.6 is 11.8 Å². The summed E-state index contributed by atoms with van der Waals surface area (Å²) in [6, 6.07) is 0.771. The molecule has 0 aromatic carbocycles. The highest BCUT2D eigenvalue weighted by molar-refractivity contribution is 7.99. The molecule has 94 valence electrons. The van der Waals surface area contributed by atoms with Gasteiger partial charge in [-0.05, 0) is 49.5 Å². The predicted molar refractivity (Wildman–Crippen MR) is 74.0 cm³/mol. The van der Waals surface area contributed by atoms with Gasteiger partial charge in [-0.15, -0.1) is 0 Å². The SMILES string of the molecule is CC(C)(C)C1C2CSCC2CN1C(C)(C)C. The second-order valence-electron chi connectivity index (χ2n) is 7.60. The van der Waals surface area contributed by atoms with E-state index in [1.54, 1.807) is 0 Å². The van der Waals surface area contributed by atoms with Crippen LogP contribution in [0.25, 0.3) is 0 Å². The van der Waals surface area contributed by atoms with Crippen LogP contribution in [0.1, 0.15) is 41.5 Å². The molecule has 16 heavy (non-hydrogen) atoms. The standard InChI is InChI=1S/C14H27NS/c1-13(2,3)12-11-9-16-8-10(11)7-15(12)14(4,5)6/h10-12H,7-9H2,1-6H3. The van der Waals surface area contributed by atoms with E-state index in [9.17, 15) is 0 Å². The van der Waals surface area contributed by atoms with E-state index < -0.39 is 0 Å². The Hall–Kier alpha value is 0.310. The highest BCUT2D eigenvalue weighted by Crippen LogP contribution is 2.48. The van der Waals surface area contributed by atoms with Gasteiger partial charge in [0.25, 0.3) is 0 Å². The van der Waals surface area contributed by atoms with E-state index >= 15 is 0 Å². The Morgan fingerprint density at radius 2 is 1.62 bits per heavy atom. The van der Waals surface area contributed by atoms with Gasteiger partial charge in [0.05, 0.1) is 0 Å². The van der Waals surface area contributed by atoms with Crippen molar-refractivity contribution in [1.29, 1.82) is 0 Å². The van der Waals surface area contributed by atoms with Crippen molar-refractivity contribution in [3.63, 3.8) is 0 Å². The van der Waals surface area contributed by atoms with Gasteiger partial charge in [0.1, 0.15) is 0 Å². The predicted octanol–water partition coefficient (Wildman–Crippen LogP) is 3.49. The van der Waals surface area contributed by atoms with Gasteiger partial charge in [-0.2, -0.15) is 11.8 Å². The van der Waals surface area contributed by atoms with Gasteiger partial charge < -0.3 is 0 Å². The molecule has 0 radical (unpaired) electrons. The van der Waals surface area contributed by atoms with Crippen LogP contribution in [0, 0.1) is 17.3 Å². The van der Waals surface area contributed by atoms with Crippen molar-refractivity contribution in [3.05, 3.63) is 0 Å². The summed E-state index contributed by atoms with van der Waals surface area (Å²) in [4.78, 5) is 2.78. The van der Waals surface area contributed by atoms with Gasteiger partial charge in [0.2, 0.25) is 0 Å². The van der Waals surface area contributed by atoms with Crippen LogP contribution in [0.4, 0.5) is 0 Å². The minimum atomic E-state index is 0.326. The van der Waals surface area contributed by atoms with E-state index in [4.69, 9.17) is 0 Å². The molecule has 0 N–H and O–H groups in total. The Kier molecular flexibility index (Phi) is 3.12. The van der Waals surface area contributed by atoms with Crippen LogP contribution in [0.2, 0.25) is 0 Å². The van der Waals surface area contributed by atoms with E-state index in [2.05, 4.69) is 58.2 Å². The fourth-order valence-corrected chi connectivity index (χ4v) is 5.07. The van der Waals surface area contributed by atoms with E-state index in [0.29, 0.717) is 11.0 Å². The van der Waals surface area contributed by atoms with Crippen molar-refractivity contribution >= 4 is 11.8 Å². The second kappa shape index (κ2) is 3.91. The molecule has 0 spiro atoms. The molecule has 0 aliphatic carbocycles. The Balaban J connectivity index is 2.27. The van der Waals surface area contributed by atoms with Crippen LogP contribution in [0.15, 0.2) is 0 Å². The zero-order chi connectivity index (χ0) is 12.1. The van der Waals surface area contributed by atoms with Crippen molar-refractivity contribution in [1.82, 2.24) is 4.90 Å². The summed E-state index contributed by atoms with van der Waals surface area (Å²) in [5, 5.41) is 0. The van der Waals surface area contributed by atoms with Gasteiger partial charge >= 0.3 is 0 Å². The van der Waals surface area contributed by atoms with Crippen molar-refractivity contribution < 1.29 is 0 Å². The number of hydrogen-bond acceptors (Lipinski definition) is 2. The molecule has 2 heteroatoms. The number of nitrogens with zero attached hydrogens (tertiary/aromatic N) is 1. The molecule has 2 fully saturated rings. The minimum Gasteiger partial charge on any atom is -0.294 e. The highest BCUT2D eigenvalue weighted by Gasteiger charge is 2.51. The lowest BCUT2D eigenvalue weighted by Crippen LogP contribution is -2.51. The highest BCUT2D eigenvalue weighted by atomic mass is 32.2. The number of rotatable bonds is 0. The molecular weight excluding hydrogens is 214 g/mol. The van der Waals surface area contributed by atoms with Crippen LogP contribution in [0.3, 0.4) is 0 Å². The summed E-state index contributed by atoms with van der Waals surface area (Å²) in [6.07, 6.45) is 0. The fraction of sp³-hybridized carbons (Fsp3) is 1.00. The molecule has 0 aromatic rings. The number of likely N-dealkylation sites (tertiary alicyclic amines) is 1. The first-order chi connectivity index (χ1) is 7.21. The number of hydrogen-bond donors (Lipinski definition) is 0. The van der Waals surface area contributed by atoms with Gasteiger partial charge in [-0.1, -0.05) is 20.8 Å². The molecule has 2 rings (SSSR count). The molecule has 2 aliphatic rings. The fourth-order valence-electron chi connectivity index (χ4n) is 3.55. The third kappa shape index (κ3) is 2.15. The first kappa shape index (κ1) is 12.8. The summed E-state index contributed by atoms with van der Waals surface area (Å²) in [6.45, 7) is 15.7. The zero-order valence-electron chi connectivity index (χ0n) is 11.7. The first-order valence-electron chi connectivity index (χ1n) is 6.56. The maximum Gasteiger partial charge on any atom is 0.0189 e. The van der Waals surface area contributed by atoms with Gasteiger partial charge in [-0.3, -0.25) is 4.90 Å². The lowest BCUT2D eigenvalue weighted by atomic mass is 9.77. The number of fused-ring (bicyclic) bond motifs is 1. The van der Waals surface area contributed by atoms with Crippen LogP contribution in [-0.2, 0) is 0 Å². The van der Waals surface area contributed by atoms with E-state index in [1.807, 2.05) is 0 Å². The van der Waals surface area contributed by atoms with Crippen LogP contribution in [-0.4, -0.2) is 34.5 Å². The summed E-state index contributed by atoms with van der Waals surface area (Å²) >= 11 is 2.17. The molecule has 0 aromatic heterocycles. The summed E-state index contributed by atoms with van der Waals surface area (Å²) in [7, 11) is 0. The van der Waals surface area contributed by atoms with Gasteiger partial charge in [0.15, 0.2) is 0 Å². The summed E-state index contributed by atoms with van der Waals surface area (Å²) < 4.78 is 0.